The van der Waals surface area contributed by atoms with Crippen LogP contribution in [0.4, 0.5) is 17.1 Å². The third-order valence-corrected chi connectivity index (χ3v) is 8.74. The first-order valence-corrected chi connectivity index (χ1v) is 15.1. The highest BCUT2D eigenvalue weighted by Gasteiger charge is 2.18. The Morgan fingerprint density at radius 3 is 1.74 bits per heavy atom. The molecule has 0 unspecified atom stereocenters. The van der Waals surface area contributed by atoms with Gasteiger partial charge < -0.3 is 4.90 Å². The summed E-state index contributed by atoms with van der Waals surface area (Å²) in [5.41, 5.74) is 11.3. The molecule has 0 aliphatic heterocycles. The standard InChI is InChI=1S/C42H31N/c1-4-16-37-30(10-1)13-7-19-39(37)33-22-26-35(27-23-33)43(42-21-9-15-32-12-3-6-18-41(32)42)36-28-24-34(25-29-36)40-20-8-14-31-11-2-5-17-38(31)40/h1-7,9-13,15-29H,8,14H2. The van der Waals surface area contributed by atoms with Gasteiger partial charge in [-0.1, -0.05) is 133 Å². The molecule has 8 rings (SSSR count). The van der Waals surface area contributed by atoms with Crippen molar-refractivity contribution in [3.63, 3.8) is 0 Å². The molecule has 0 saturated carbocycles. The summed E-state index contributed by atoms with van der Waals surface area (Å²) < 4.78 is 0. The summed E-state index contributed by atoms with van der Waals surface area (Å²) in [6.45, 7) is 0. The Morgan fingerprint density at radius 2 is 0.977 bits per heavy atom. The zero-order valence-electron chi connectivity index (χ0n) is 23.9. The van der Waals surface area contributed by atoms with Gasteiger partial charge in [0, 0.05) is 16.8 Å². The number of aryl methyl sites for hydroxylation is 1. The first-order valence-electron chi connectivity index (χ1n) is 15.1. The van der Waals surface area contributed by atoms with Crippen LogP contribution in [0.25, 0.3) is 38.2 Å². The van der Waals surface area contributed by atoms with E-state index in [2.05, 4.69) is 169 Å². The van der Waals surface area contributed by atoms with Crippen LogP contribution in [0, 0.1) is 0 Å². The van der Waals surface area contributed by atoms with Crippen LogP contribution in [0.1, 0.15) is 23.1 Å². The van der Waals surface area contributed by atoms with E-state index in [9.17, 15) is 0 Å². The van der Waals surface area contributed by atoms with Crippen LogP contribution >= 0.6 is 0 Å². The van der Waals surface area contributed by atoms with Gasteiger partial charge in [-0.3, -0.25) is 0 Å². The van der Waals surface area contributed by atoms with Gasteiger partial charge in [-0.2, -0.15) is 0 Å². The van der Waals surface area contributed by atoms with Gasteiger partial charge in [-0.25, -0.2) is 0 Å². The zero-order valence-corrected chi connectivity index (χ0v) is 23.9. The summed E-state index contributed by atoms with van der Waals surface area (Å²) in [5, 5.41) is 5.00. The van der Waals surface area contributed by atoms with Crippen molar-refractivity contribution in [3.8, 4) is 11.1 Å². The predicted molar refractivity (Wildman–Crippen MR) is 183 cm³/mol. The van der Waals surface area contributed by atoms with Gasteiger partial charge in [0.25, 0.3) is 0 Å². The van der Waals surface area contributed by atoms with Gasteiger partial charge >= 0.3 is 0 Å². The number of allylic oxidation sites excluding steroid dienone is 1. The van der Waals surface area contributed by atoms with Gasteiger partial charge in [-0.15, -0.1) is 0 Å². The minimum atomic E-state index is 1.08. The lowest BCUT2D eigenvalue weighted by Gasteiger charge is -2.27. The van der Waals surface area contributed by atoms with Crippen LogP contribution in [0.2, 0.25) is 0 Å². The molecule has 0 spiro atoms. The summed E-state index contributed by atoms with van der Waals surface area (Å²) in [4.78, 5) is 2.39. The number of hydrogen-bond donors (Lipinski definition) is 0. The minimum Gasteiger partial charge on any atom is -0.310 e. The molecule has 0 amide bonds. The molecule has 7 aromatic carbocycles. The van der Waals surface area contributed by atoms with Gasteiger partial charge in [0.1, 0.15) is 0 Å². The Bertz CT molecular complexity index is 2110. The predicted octanol–water partition coefficient (Wildman–Crippen LogP) is 11.5. The molecule has 1 aliphatic carbocycles. The molecule has 0 bridgehead atoms. The fourth-order valence-corrected chi connectivity index (χ4v) is 6.64. The molecule has 43 heavy (non-hydrogen) atoms. The van der Waals surface area contributed by atoms with Crippen LogP contribution in [-0.2, 0) is 6.42 Å². The lowest BCUT2D eigenvalue weighted by atomic mass is 9.87. The molecular formula is C42H31N. The molecule has 0 aromatic heterocycles. The second-order valence-corrected chi connectivity index (χ2v) is 11.3. The highest BCUT2D eigenvalue weighted by molar-refractivity contribution is 6.00. The van der Waals surface area contributed by atoms with Crippen LogP contribution in [-0.4, -0.2) is 0 Å². The number of rotatable bonds is 5. The monoisotopic (exact) mass is 549 g/mol. The number of nitrogens with zero attached hydrogens (tertiary/aromatic N) is 1. The quantitative estimate of drug-likeness (QED) is 0.206. The number of fused-ring (bicyclic) bond motifs is 3. The van der Waals surface area contributed by atoms with Crippen LogP contribution in [0.3, 0.4) is 0 Å². The Labute approximate surface area is 253 Å². The number of benzene rings is 7. The normalized spacial score (nSPS) is 12.6. The number of hydrogen-bond acceptors (Lipinski definition) is 1. The molecule has 0 N–H and O–H groups in total. The van der Waals surface area contributed by atoms with Crippen molar-refractivity contribution >= 4 is 44.2 Å². The summed E-state index contributed by atoms with van der Waals surface area (Å²) in [5.74, 6) is 0. The Hall–Kier alpha value is -5.40. The fourth-order valence-electron chi connectivity index (χ4n) is 6.64. The average molecular weight is 550 g/mol. The van der Waals surface area contributed by atoms with Crippen molar-refractivity contribution < 1.29 is 0 Å². The van der Waals surface area contributed by atoms with Crippen molar-refractivity contribution in [2.24, 2.45) is 0 Å². The maximum Gasteiger partial charge on any atom is 0.0540 e. The van der Waals surface area contributed by atoms with E-state index in [1.807, 2.05) is 0 Å². The Balaban J connectivity index is 1.23. The van der Waals surface area contributed by atoms with Crippen molar-refractivity contribution in [1.82, 2.24) is 0 Å². The minimum absolute atomic E-state index is 1.08. The topological polar surface area (TPSA) is 3.24 Å². The van der Waals surface area contributed by atoms with E-state index in [-0.39, 0.29) is 0 Å². The second-order valence-electron chi connectivity index (χ2n) is 11.3. The van der Waals surface area contributed by atoms with E-state index in [4.69, 9.17) is 0 Å². The highest BCUT2D eigenvalue weighted by Crippen LogP contribution is 2.41. The van der Waals surface area contributed by atoms with E-state index >= 15 is 0 Å². The maximum atomic E-state index is 2.39. The molecule has 7 aromatic rings. The summed E-state index contributed by atoms with van der Waals surface area (Å²) in [7, 11) is 0. The van der Waals surface area contributed by atoms with Crippen molar-refractivity contribution in [2.75, 3.05) is 4.90 Å². The van der Waals surface area contributed by atoms with Crippen LogP contribution in [0.15, 0.2) is 164 Å². The van der Waals surface area contributed by atoms with E-state index < -0.39 is 0 Å². The van der Waals surface area contributed by atoms with E-state index in [0.717, 1.165) is 24.2 Å². The van der Waals surface area contributed by atoms with Gasteiger partial charge in [-0.05, 0) is 92.7 Å². The van der Waals surface area contributed by atoms with E-state index in [0.29, 0.717) is 0 Å². The lowest BCUT2D eigenvalue weighted by molar-refractivity contribution is 0.978. The molecule has 0 radical (unpaired) electrons. The first kappa shape index (κ1) is 25.3. The molecule has 0 heterocycles. The largest absolute Gasteiger partial charge is 0.310 e. The molecule has 0 saturated heterocycles. The summed E-state index contributed by atoms with van der Waals surface area (Å²) >= 11 is 0. The SMILES string of the molecule is C1=C(c2ccc(N(c3ccc(-c4cccc5ccccc45)cc3)c3cccc4ccccc34)cc2)c2ccccc2CC1. The van der Waals surface area contributed by atoms with Crippen molar-refractivity contribution in [1.29, 1.82) is 0 Å². The molecular weight excluding hydrogens is 518 g/mol. The Morgan fingerprint density at radius 1 is 0.419 bits per heavy atom. The van der Waals surface area contributed by atoms with Crippen LogP contribution < -0.4 is 4.90 Å². The van der Waals surface area contributed by atoms with E-state index in [1.165, 1.54) is 60.6 Å². The van der Waals surface area contributed by atoms with E-state index in [1.54, 1.807) is 0 Å². The van der Waals surface area contributed by atoms with Gasteiger partial charge in [0.05, 0.1) is 5.69 Å². The second kappa shape index (κ2) is 10.8. The van der Waals surface area contributed by atoms with Crippen molar-refractivity contribution in [3.05, 3.63) is 180 Å². The molecule has 0 atom stereocenters. The van der Waals surface area contributed by atoms with Gasteiger partial charge in [0.2, 0.25) is 0 Å². The smallest absolute Gasteiger partial charge is 0.0540 e. The fraction of sp³-hybridized carbons (Fsp3) is 0.0476. The molecule has 1 aliphatic rings. The summed E-state index contributed by atoms with van der Waals surface area (Å²) in [6, 6.07) is 57.4. The molecule has 204 valence electrons. The lowest BCUT2D eigenvalue weighted by Crippen LogP contribution is -2.10. The first-order chi connectivity index (χ1) is 21.3. The maximum absolute atomic E-state index is 2.39. The molecule has 1 nitrogen and oxygen atoms in total. The Kier molecular flexibility index (Phi) is 6.35. The molecule has 1 heteroatoms. The average Bonchev–Trinajstić information content (AvgIpc) is 3.09. The van der Waals surface area contributed by atoms with Crippen molar-refractivity contribution in [2.45, 2.75) is 12.8 Å². The third-order valence-electron chi connectivity index (χ3n) is 8.74. The third kappa shape index (κ3) is 4.60. The number of anilines is 3. The van der Waals surface area contributed by atoms with Gasteiger partial charge in [0.15, 0.2) is 0 Å². The summed E-state index contributed by atoms with van der Waals surface area (Å²) in [6.07, 6.45) is 4.59. The molecule has 0 fully saturated rings. The zero-order chi connectivity index (χ0) is 28.6. The van der Waals surface area contributed by atoms with Crippen LogP contribution in [0.5, 0.6) is 0 Å². The highest BCUT2D eigenvalue weighted by atomic mass is 15.1.